The van der Waals surface area contributed by atoms with Gasteiger partial charge in [-0.05, 0) is 19.3 Å². The number of aliphatic hydroxyl groups is 1. The van der Waals surface area contributed by atoms with Crippen LogP contribution in [0.25, 0.3) is 0 Å². The quantitative estimate of drug-likeness (QED) is 0.479. The van der Waals surface area contributed by atoms with E-state index in [1.54, 1.807) is 0 Å². The van der Waals surface area contributed by atoms with E-state index in [4.69, 9.17) is 10.3 Å². The highest BCUT2D eigenvalue weighted by atomic mass is 16.5. The lowest BCUT2D eigenvalue weighted by atomic mass is 10.1. The van der Waals surface area contributed by atoms with E-state index in [-0.39, 0.29) is 12.6 Å². The zero-order valence-electron chi connectivity index (χ0n) is 5.80. The number of nitrogens with one attached hydrogen (secondary N) is 1. The van der Waals surface area contributed by atoms with Gasteiger partial charge < -0.3 is 10.3 Å². The number of hydrogen-bond donors (Lipinski definition) is 3. The van der Waals surface area contributed by atoms with Crippen LogP contribution in [0.2, 0.25) is 0 Å². The number of hydrogen-bond acceptors (Lipinski definition) is 3. The number of hydroxylamine groups is 1. The maximum atomic E-state index is 8.42. The van der Waals surface area contributed by atoms with Crippen molar-refractivity contribution in [2.45, 2.75) is 32.2 Å². The summed E-state index contributed by atoms with van der Waals surface area (Å²) in [4.78, 5) is 0. The van der Waals surface area contributed by atoms with Gasteiger partial charge in [-0.3, -0.25) is 0 Å². The number of rotatable bonds is 5. The van der Waals surface area contributed by atoms with Crippen molar-refractivity contribution >= 4 is 0 Å². The topological polar surface area (TPSA) is 52.5 Å². The Kier molecular flexibility index (Phi) is 5.93. The molecule has 3 N–H and O–H groups in total. The predicted molar refractivity (Wildman–Crippen MR) is 35.3 cm³/mol. The van der Waals surface area contributed by atoms with E-state index in [2.05, 4.69) is 5.48 Å². The Morgan fingerprint density at radius 1 is 1.56 bits per heavy atom. The molecule has 0 aliphatic heterocycles. The first-order valence-electron chi connectivity index (χ1n) is 3.35. The summed E-state index contributed by atoms with van der Waals surface area (Å²) in [6.45, 7) is 2.20. The molecule has 0 aliphatic rings. The second kappa shape index (κ2) is 6.01. The first-order chi connectivity index (χ1) is 4.35. The molecule has 0 aromatic heterocycles. The van der Waals surface area contributed by atoms with Crippen molar-refractivity contribution in [2.24, 2.45) is 0 Å². The molecule has 0 saturated carbocycles. The predicted octanol–water partition coefficient (Wildman–Crippen LogP) is 0.516. The highest BCUT2D eigenvalue weighted by molar-refractivity contribution is 4.57. The molecule has 0 aromatic rings. The minimum Gasteiger partial charge on any atom is -0.396 e. The molecule has 0 heterocycles. The molecule has 0 rings (SSSR count). The molecule has 0 saturated heterocycles. The van der Waals surface area contributed by atoms with Gasteiger partial charge in [0.25, 0.3) is 0 Å². The summed E-state index contributed by atoms with van der Waals surface area (Å²) in [5.74, 6) is 0. The van der Waals surface area contributed by atoms with Crippen molar-refractivity contribution in [2.75, 3.05) is 6.61 Å². The first kappa shape index (κ1) is 8.88. The molecule has 0 aromatic carbocycles. The molecular formula is C6H15NO2. The van der Waals surface area contributed by atoms with Crippen molar-refractivity contribution < 1.29 is 10.3 Å². The Morgan fingerprint density at radius 3 is 2.56 bits per heavy atom. The van der Waals surface area contributed by atoms with Crippen LogP contribution < -0.4 is 5.48 Å². The Bertz CT molecular complexity index is 55.0. The van der Waals surface area contributed by atoms with Crippen LogP contribution in [-0.4, -0.2) is 23.0 Å². The highest BCUT2D eigenvalue weighted by Gasteiger charge is 2.01. The molecular weight excluding hydrogens is 118 g/mol. The second-order valence-electron chi connectivity index (χ2n) is 2.10. The van der Waals surface area contributed by atoms with E-state index >= 15 is 0 Å². The Labute approximate surface area is 55.7 Å². The lowest BCUT2D eigenvalue weighted by Crippen LogP contribution is -2.24. The van der Waals surface area contributed by atoms with Gasteiger partial charge in [0.15, 0.2) is 0 Å². The molecule has 3 heteroatoms. The Hall–Kier alpha value is -0.120. The molecule has 1 unspecified atom stereocenters. The normalized spacial score (nSPS) is 13.7. The molecule has 9 heavy (non-hydrogen) atoms. The van der Waals surface area contributed by atoms with Gasteiger partial charge in [0.2, 0.25) is 0 Å². The first-order valence-corrected chi connectivity index (χ1v) is 3.35. The fraction of sp³-hybridized carbons (Fsp3) is 1.00. The van der Waals surface area contributed by atoms with Crippen LogP contribution in [0, 0.1) is 0 Å². The molecule has 0 spiro atoms. The summed E-state index contributed by atoms with van der Waals surface area (Å²) in [5, 5.41) is 16.8. The summed E-state index contributed by atoms with van der Waals surface area (Å²) < 4.78 is 0. The van der Waals surface area contributed by atoms with Gasteiger partial charge >= 0.3 is 0 Å². The molecule has 0 bridgehead atoms. The summed E-state index contributed by atoms with van der Waals surface area (Å²) in [7, 11) is 0. The van der Waals surface area contributed by atoms with Gasteiger partial charge in [0, 0.05) is 12.6 Å². The van der Waals surface area contributed by atoms with Crippen LogP contribution in [0.5, 0.6) is 0 Å². The van der Waals surface area contributed by atoms with E-state index in [0.717, 1.165) is 19.3 Å². The smallest absolute Gasteiger partial charge is 0.0431 e. The molecule has 0 radical (unpaired) electrons. The highest BCUT2D eigenvalue weighted by Crippen LogP contribution is 1.98. The molecule has 56 valence electrons. The van der Waals surface area contributed by atoms with Crippen LogP contribution in [0.15, 0.2) is 0 Å². The van der Waals surface area contributed by atoms with Crippen molar-refractivity contribution in [1.29, 1.82) is 0 Å². The molecule has 0 aliphatic carbocycles. The van der Waals surface area contributed by atoms with Crippen molar-refractivity contribution in [1.82, 2.24) is 5.48 Å². The van der Waals surface area contributed by atoms with Crippen LogP contribution in [0.4, 0.5) is 0 Å². The zero-order valence-corrected chi connectivity index (χ0v) is 5.80. The third-order valence-electron chi connectivity index (χ3n) is 1.39. The average molecular weight is 133 g/mol. The lowest BCUT2D eigenvalue weighted by molar-refractivity contribution is 0.115. The monoisotopic (exact) mass is 133 g/mol. The van der Waals surface area contributed by atoms with E-state index in [1.165, 1.54) is 0 Å². The van der Waals surface area contributed by atoms with E-state index in [1.807, 2.05) is 6.92 Å². The lowest BCUT2D eigenvalue weighted by Gasteiger charge is -2.09. The fourth-order valence-corrected chi connectivity index (χ4v) is 0.698. The Balaban J connectivity index is 3.09. The largest absolute Gasteiger partial charge is 0.396 e. The SMILES string of the molecule is CCC(CCCO)NO. The van der Waals surface area contributed by atoms with Crippen molar-refractivity contribution in [3.63, 3.8) is 0 Å². The third-order valence-corrected chi connectivity index (χ3v) is 1.39. The van der Waals surface area contributed by atoms with Gasteiger partial charge in [0.1, 0.15) is 0 Å². The van der Waals surface area contributed by atoms with Crippen LogP contribution >= 0.6 is 0 Å². The second-order valence-corrected chi connectivity index (χ2v) is 2.10. The van der Waals surface area contributed by atoms with Crippen LogP contribution in [0.3, 0.4) is 0 Å². The molecule has 0 fully saturated rings. The summed E-state index contributed by atoms with van der Waals surface area (Å²) in [5.41, 5.74) is 2.18. The van der Waals surface area contributed by atoms with Gasteiger partial charge in [0.05, 0.1) is 0 Å². The van der Waals surface area contributed by atoms with Crippen molar-refractivity contribution in [3.8, 4) is 0 Å². The third kappa shape index (κ3) is 4.39. The molecule has 3 nitrogen and oxygen atoms in total. The van der Waals surface area contributed by atoms with Crippen LogP contribution in [0.1, 0.15) is 26.2 Å². The molecule has 1 atom stereocenters. The standard InChI is InChI=1S/C6H15NO2/c1-2-6(7-9)4-3-5-8/h6-9H,2-5H2,1H3. The van der Waals surface area contributed by atoms with E-state index in [0.29, 0.717) is 0 Å². The summed E-state index contributed by atoms with van der Waals surface area (Å²) in [6.07, 6.45) is 2.49. The Morgan fingerprint density at radius 2 is 2.22 bits per heavy atom. The maximum Gasteiger partial charge on any atom is 0.0431 e. The van der Waals surface area contributed by atoms with E-state index in [9.17, 15) is 0 Å². The average Bonchev–Trinajstić information content (AvgIpc) is 1.91. The fourth-order valence-electron chi connectivity index (χ4n) is 0.698. The molecule has 0 amide bonds. The van der Waals surface area contributed by atoms with Gasteiger partial charge in [-0.2, -0.15) is 0 Å². The number of aliphatic hydroxyl groups excluding tert-OH is 1. The van der Waals surface area contributed by atoms with Gasteiger partial charge in [-0.25, -0.2) is 5.48 Å². The van der Waals surface area contributed by atoms with Crippen LogP contribution in [-0.2, 0) is 0 Å². The minimum absolute atomic E-state index is 0.150. The zero-order chi connectivity index (χ0) is 7.11. The van der Waals surface area contributed by atoms with Gasteiger partial charge in [-0.15, -0.1) is 0 Å². The van der Waals surface area contributed by atoms with Crippen molar-refractivity contribution in [3.05, 3.63) is 0 Å². The van der Waals surface area contributed by atoms with Gasteiger partial charge in [-0.1, -0.05) is 6.92 Å². The summed E-state index contributed by atoms with van der Waals surface area (Å²) >= 11 is 0. The maximum absolute atomic E-state index is 8.42. The minimum atomic E-state index is 0.150. The van der Waals surface area contributed by atoms with E-state index < -0.39 is 0 Å². The summed E-state index contributed by atoms with van der Waals surface area (Å²) in [6, 6.07) is 0.150.